The lowest BCUT2D eigenvalue weighted by molar-refractivity contribution is -0.144. The molecule has 0 bridgehead atoms. The van der Waals surface area contributed by atoms with E-state index in [0.29, 0.717) is 13.1 Å². The third-order valence-electron chi connectivity index (χ3n) is 3.79. The van der Waals surface area contributed by atoms with Crippen molar-refractivity contribution in [3.8, 4) is 0 Å². The second-order valence-corrected chi connectivity index (χ2v) is 5.72. The molecule has 8 nitrogen and oxygen atoms in total. The Balaban J connectivity index is 1.55. The molecule has 0 aliphatic carbocycles. The summed E-state index contributed by atoms with van der Waals surface area (Å²) < 4.78 is 5.08. The number of carbonyl (C=O) groups excluding carboxylic acids is 3. The van der Waals surface area contributed by atoms with Crippen molar-refractivity contribution in [3.63, 3.8) is 0 Å². The van der Waals surface area contributed by atoms with Crippen molar-refractivity contribution in [2.45, 2.75) is 0 Å². The number of piperazine rings is 1. The van der Waals surface area contributed by atoms with Crippen LogP contribution in [0.1, 0.15) is 10.6 Å². The molecule has 2 aromatic rings. The molecule has 0 saturated carbocycles. The fourth-order valence-electron chi connectivity index (χ4n) is 2.47. The second kappa shape index (κ2) is 7.35. The van der Waals surface area contributed by atoms with Crippen LogP contribution in [0.2, 0.25) is 5.15 Å². The molecule has 0 spiro atoms. The molecule has 25 heavy (non-hydrogen) atoms. The molecule has 0 radical (unpaired) electrons. The average molecular weight is 363 g/mol. The molecule has 2 aromatic heterocycles. The maximum absolute atomic E-state index is 12.2. The molecule has 3 rings (SSSR count). The van der Waals surface area contributed by atoms with Gasteiger partial charge in [-0.2, -0.15) is 0 Å². The summed E-state index contributed by atoms with van der Waals surface area (Å²) in [5, 5.41) is 2.55. The maximum Gasteiger partial charge on any atom is 0.313 e. The highest BCUT2D eigenvalue weighted by atomic mass is 35.5. The molecule has 0 aromatic carbocycles. The first-order valence-electron chi connectivity index (χ1n) is 7.60. The van der Waals surface area contributed by atoms with Crippen LogP contribution in [0.25, 0.3) is 0 Å². The highest BCUT2D eigenvalue weighted by Crippen LogP contribution is 2.17. The van der Waals surface area contributed by atoms with E-state index < -0.39 is 11.8 Å². The molecule has 1 aliphatic heterocycles. The SMILES string of the molecule is O=C(Nc1cccnc1Cl)C(=O)N1CCN(C(=O)c2ccco2)CC1. The van der Waals surface area contributed by atoms with Gasteiger partial charge in [0, 0.05) is 32.4 Å². The molecule has 0 unspecified atom stereocenters. The number of nitrogens with zero attached hydrogens (tertiary/aromatic N) is 3. The van der Waals surface area contributed by atoms with Crippen LogP contribution in [0, 0.1) is 0 Å². The summed E-state index contributed by atoms with van der Waals surface area (Å²) >= 11 is 5.86. The molecular formula is C16H15ClN4O4. The lowest BCUT2D eigenvalue weighted by Gasteiger charge is -2.33. The van der Waals surface area contributed by atoms with Crippen molar-refractivity contribution in [1.82, 2.24) is 14.8 Å². The van der Waals surface area contributed by atoms with Gasteiger partial charge in [0.15, 0.2) is 10.9 Å². The van der Waals surface area contributed by atoms with Gasteiger partial charge in [0.2, 0.25) is 0 Å². The van der Waals surface area contributed by atoms with Crippen LogP contribution < -0.4 is 5.32 Å². The minimum absolute atomic E-state index is 0.109. The van der Waals surface area contributed by atoms with E-state index in [9.17, 15) is 14.4 Å². The quantitative estimate of drug-likeness (QED) is 0.640. The number of halogens is 1. The molecule has 1 fully saturated rings. The van der Waals surface area contributed by atoms with Crippen molar-refractivity contribution < 1.29 is 18.8 Å². The lowest BCUT2D eigenvalue weighted by Crippen LogP contribution is -2.53. The van der Waals surface area contributed by atoms with Gasteiger partial charge < -0.3 is 19.5 Å². The number of carbonyl (C=O) groups is 3. The zero-order chi connectivity index (χ0) is 17.8. The number of pyridine rings is 1. The maximum atomic E-state index is 12.2. The molecular weight excluding hydrogens is 348 g/mol. The summed E-state index contributed by atoms with van der Waals surface area (Å²) in [7, 11) is 0. The van der Waals surface area contributed by atoms with E-state index in [-0.39, 0.29) is 35.6 Å². The average Bonchev–Trinajstić information content (AvgIpc) is 3.17. The van der Waals surface area contributed by atoms with Crippen molar-refractivity contribution in [2.24, 2.45) is 0 Å². The number of amides is 3. The van der Waals surface area contributed by atoms with Crippen molar-refractivity contribution in [3.05, 3.63) is 47.6 Å². The van der Waals surface area contributed by atoms with Gasteiger partial charge in [0.25, 0.3) is 5.91 Å². The zero-order valence-corrected chi connectivity index (χ0v) is 13.9. The molecule has 1 N–H and O–H groups in total. The van der Waals surface area contributed by atoms with E-state index in [1.165, 1.54) is 17.4 Å². The van der Waals surface area contributed by atoms with Crippen LogP contribution in [0.15, 0.2) is 41.1 Å². The monoisotopic (exact) mass is 362 g/mol. The van der Waals surface area contributed by atoms with Gasteiger partial charge in [-0.1, -0.05) is 11.6 Å². The Morgan fingerprint density at radius 2 is 1.80 bits per heavy atom. The third kappa shape index (κ3) is 3.80. The molecule has 3 heterocycles. The van der Waals surface area contributed by atoms with Gasteiger partial charge >= 0.3 is 11.8 Å². The summed E-state index contributed by atoms with van der Waals surface area (Å²) in [6.45, 7) is 1.18. The van der Waals surface area contributed by atoms with Gasteiger partial charge in [0.05, 0.1) is 12.0 Å². The molecule has 1 saturated heterocycles. The van der Waals surface area contributed by atoms with Crippen molar-refractivity contribution in [2.75, 3.05) is 31.5 Å². The number of anilines is 1. The van der Waals surface area contributed by atoms with E-state index in [2.05, 4.69) is 10.3 Å². The van der Waals surface area contributed by atoms with E-state index in [1.807, 2.05) is 0 Å². The highest BCUT2D eigenvalue weighted by Gasteiger charge is 2.29. The Hall–Kier alpha value is -2.87. The number of rotatable bonds is 2. The minimum atomic E-state index is -0.791. The number of nitrogens with one attached hydrogen (secondary N) is 1. The number of hydrogen-bond donors (Lipinski definition) is 1. The van der Waals surface area contributed by atoms with Crippen LogP contribution in [0.4, 0.5) is 5.69 Å². The van der Waals surface area contributed by atoms with Gasteiger partial charge in [-0.05, 0) is 24.3 Å². The van der Waals surface area contributed by atoms with Gasteiger partial charge in [-0.25, -0.2) is 4.98 Å². The van der Waals surface area contributed by atoms with Gasteiger partial charge in [-0.15, -0.1) is 0 Å². The Kier molecular flexibility index (Phi) is 4.99. The first-order valence-corrected chi connectivity index (χ1v) is 7.97. The Labute approximate surface area is 148 Å². The largest absolute Gasteiger partial charge is 0.459 e. The molecule has 0 atom stereocenters. The molecule has 9 heteroatoms. The topological polar surface area (TPSA) is 95.8 Å². The van der Waals surface area contributed by atoms with Crippen LogP contribution in [0.3, 0.4) is 0 Å². The third-order valence-corrected chi connectivity index (χ3v) is 4.09. The van der Waals surface area contributed by atoms with Gasteiger partial charge in [-0.3, -0.25) is 14.4 Å². The number of aromatic nitrogens is 1. The van der Waals surface area contributed by atoms with E-state index >= 15 is 0 Å². The van der Waals surface area contributed by atoms with Crippen molar-refractivity contribution in [1.29, 1.82) is 0 Å². The summed E-state index contributed by atoms with van der Waals surface area (Å²) in [6.07, 6.45) is 2.91. The normalized spacial score (nSPS) is 14.3. The standard InChI is InChI=1S/C16H15ClN4O4/c17-13-11(3-1-5-18-13)19-14(22)16(24)21-8-6-20(7-9-21)15(23)12-4-2-10-25-12/h1-5,10H,6-9H2,(H,19,22). The predicted molar refractivity (Wildman–Crippen MR) is 89.1 cm³/mol. The van der Waals surface area contributed by atoms with Crippen LogP contribution in [-0.2, 0) is 9.59 Å². The highest BCUT2D eigenvalue weighted by molar-refractivity contribution is 6.41. The van der Waals surface area contributed by atoms with Crippen molar-refractivity contribution >= 4 is 35.0 Å². The number of hydrogen-bond acceptors (Lipinski definition) is 5. The Morgan fingerprint density at radius 3 is 2.44 bits per heavy atom. The molecule has 1 aliphatic rings. The van der Waals surface area contributed by atoms with E-state index in [4.69, 9.17) is 16.0 Å². The predicted octanol–water partition coefficient (Wildman–Crippen LogP) is 1.25. The lowest BCUT2D eigenvalue weighted by atomic mass is 10.2. The van der Waals surface area contributed by atoms with Crippen LogP contribution in [0.5, 0.6) is 0 Å². The van der Waals surface area contributed by atoms with Crippen LogP contribution in [-0.4, -0.2) is 58.7 Å². The molecule has 3 amide bonds. The van der Waals surface area contributed by atoms with E-state index in [1.54, 1.807) is 29.2 Å². The first-order chi connectivity index (χ1) is 12.1. The summed E-state index contributed by atoms with van der Waals surface area (Å²) in [5.74, 6) is -1.45. The fraction of sp³-hybridized carbons (Fsp3) is 0.250. The summed E-state index contributed by atoms with van der Waals surface area (Å²) in [6, 6.07) is 6.39. The first kappa shape index (κ1) is 17.0. The smallest absolute Gasteiger partial charge is 0.313 e. The number of furan rings is 1. The second-order valence-electron chi connectivity index (χ2n) is 5.36. The Bertz CT molecular complexity index is 785. The zero-order valence-electron chi connectivity index (χ0n) is 13.1. The van der Waals surface area contributed by atoms with Crippen LogP contribution >= 0.6 is 11.6 Å². The molecule has 130 valence electrons. The summed E-state index contributed by atoms with van der Waals surface area (Å²) in [4.78, 5) is 43.3. The Morgan fingerprint density at radius 1 is 1.08 bits per heavy atom. The summed E-state index contributed by atoms with van der Waals surface area (Å²) in [5.41, 5.74) is 0.272. The minimum Gasteiger partial charge on any atom is -0.459 e. The van der Waals surface area contributed by atoms with E-state index in [0.717, 1.165) is 0 Å². The van der Waals surface area contributed by atoms with Gasteiger partial charge in [0.1, 0.15) is 0 Å². The fourth-order valence-corrected chi connectivity index (χ4v) is 2.63.